The second-order valence-corrected chi connectivity index (χ2v) is 10.3. The zero-order chi connectivity index (χ0) is 21.6. The zero-order valence-electron chi connectivity index (χ0n) is 14.5. The Bertz CT molecular complexity index is 1280. The predicted molar refractivity (Wildman–Crippen MR) is 100 cm³/mol. The number of nitrogens with one attached hydrogen (secondary N) is 1. The van der Waals surface area contributed by atoms with E-state index >= 15 is 0 Å². The van der Waals surface area contributed by atoms with E-state index in [0.717, 1.165) is 19.2 Å². The highest BCUT2D eigenvalue weighted by atomic mass is 32.2. The summed E-state index contributed by atoms with van der Waals surface area (Å²) in [5.74, 6) is 0. The van der Waals surface area contributed by atoms with Crippen molar-refractivity contribution in [1.82, 2.24) is 9.78 Å². The molecule has 1 aromatic carbocycles. The number of nitrogens with zero attached hydrogens (tertiary/aromatic N) is 2. The lowest BCUT2D eigenvalue weighted by Crippen LogP contribution is -2.18. The van der Waals surface area contributed by atoms with Gasteiger partial charge in [0, 0.05) is 7.05 Å². The summed E-state index contributed by atoms with van der Waals surface area (Å²) in [6.45, 7) is 0. The average Bonchev–Trinajstić information content (AvgIpc) is 3.20. The quantitative estimate of drug-likeness (QED) is 0.598. The van der Waals surface area contributed by atoms with Crippen molar-refractivity contribution >= 4 is 37.1 Å². The predicted octanol–water partition coefficient (Wildman–Crippen LogP) is 2.62. The van der Waals surface area contributed by atoms with Crippen LogP contribution in [0.2, 0.25) is 0 Å². The maximum absolute atomic E-state index is 12.9. The van der Waals surface area contributed by atoms with Gasteiger partial charge in [-0.15, -0.1) is 11.3 Å². The molecule has 156 valence electrons. The van der Waals surface area contributed by atoms with Gasteiger partial charge in [0.2, 0.25) is 10.0 Å². The molecule has 0 fully saturated rings. The standard InChI is InChI=1S/C15H13F3N4O4S3/c1-22-13(15(16,17)18)8-10(20-22)11-6-7-14(27-11)29(25,26)21-9-4-2-3-5-12(9)28(19,23)24/h2-8,21H,1H3,(H2,19,23,24). The first-order valence-electron chi connectivity index (χ1n) is 7.65. The number of sulfonamides is 2. The summed E-state index contributed by atoms with van der Waals surface area (Å²) < 4.78 is 89.8. The lowest BCUT2D eigenvalue weighted by molar-refractivity contribution is -0.143. The van der Waals surface area contributed by atoms with Crippen LogP contribution < -0.4 is 9.86 Å². The second kappa shape index (κ2) is 7.12. The molecule has 0 bridgehead atoms. The molecule has 2 heterocycles. The number of rotatable bonds is 5. The Hall–Kier alpha value is -2.42. The number of alkyl halides is 3. The smallest absolute Gasteiger partial charge is 0.278 e. The molecule has 0 unspecified atom stereocenters. The number of primary sulfonamides is 1. The summed E-state index contributed by atoms with van der Waals surface area (Å²) in [7, 11) is -7.28. The molecule has 0 atom stereocenters. The number of hydrogen-bond acceptors (Lipinski definition) is 6. The fraction of sp³-hybridized carbons (Fsp3) is 0.133. The number of para-hydroxylation sites is 1. The van der Waals surface area contributed by atoms with Gasteiger partial charge in [0.15, 0.2) is 0 Å². The molecule has 0 amide bonds. The normalized spacial score (nSPS) is 12.9. The Kier molecular flexibility index (Phi) is 5.23. The summed E-state index contributed by atoms with van der Waals surface area (Å²) in [6, 6.07) is 8.46. The largest absolute Gasteiger partial charge is 0.433 e. The number of hydrogen-bond donors (Lipinski definition) is 2. The fourth-order valence-electron chi connectivity index (χ4n) is 2.45. The van der Waals surface area contributed by atoms with E-state index in [1.165, 1.54) is 30.3 Å². The molecule has 0 saturated carbocycles. The summed E-state index contributed by atoms with van der Waals surface area (Å²) in [4.78, 5) is -0.226. The maximum Gasteiger partial charge on any atom is 0.433 e. The molecule has 0 aliphatic rings. The summed E-state index contributed by atoms with van der Waals surface area (Å²) in [5.41, 5.74) is -1.27. The van der Waals surface area contributed by atoms with Gasteiger partial charge in [0.05, 0.1) is 10.6 Å². The van der Waals surface area contributed by atoms with Gasteiger partial charge in [-0.3, -0.25) is 9.40 Å². The van der Waals surface area contributed by atoms with Crippen LogP contribution in [0.3, 0.4) is 0 Å². The summed E-state index contributed by atoms with van der Waals surface area (Å²) in [6.07, 6.45) is -4.61. The molecule has 0 radical (unpaired) electrons. The molecule has 0 saturated heterocycles. The van der Waals surface area contributed by atoms with Gasteiger partial charge >= 0.3 is 6.18 Å². The van der Waals surface area contributed by atoms with Crippen LogP contribution in [0.25, 0.3) is 10.6 Å². The highest BCUT2D eigenvalue weighted by molar-refractivity contribution is 7.95. The highest BCUT2D eigenvalue weighted by Crippen LogP contribution is 2.35. The average molecular weight is 466 g/mol. The van der Waals surface area contributed by atoms with E-state index in [2.05, 4.69) is 9.82 Å². The van der Waals surface area contributed by atoms with Crippen molar-refractivity contribution in [2.75, 3.05) is 4.72 Å². The van der Waals surface area contributed by atoms with E-state index in [4.69, 9.17) is 5.14 Å². The van der Waals surface area contributed by atoms with Crippen LogP contribution in [-0.2, 0) is 33.3 Å². The molecule has 3 aromatic rings. The summed E-state index contributed by atoms with van der Waals surface area (Å²) >= 11 is 0.684. The van der Waals surface area contributed by atoms with Gasteiger partial charge in [0.1, 0.15) is 20.5 Å². The topological polar surface area (TPSA) is 124 Å². The molecular weight excluding hydrogens is 453 g/mol. The van der Waals surface area contributed by atoms with Gasteiger partial charge in [-0.1, -0.05) is 12.1 Å². The van der Waals surface area contributed by atoms with Crippen LogP contribution in [-0.4, -0.2) is 26.6 Å². The van der Waals surface area contributed by atoms with Crippen molar-refractivity contribution in [3.8, 4) is 10.6 Å². The van der Waals surface area contributed by atoms with Gasteiger partial charge in [-0.05, 0) is 30.3 Å². The minimum absolute atomic E-state index is 0.0452. The number of halogens is 3. The van der Waals surface area contributed by atoms with Crippen molar-refractivity contribution in [3.05, 3.63) is 48.2 Å². The Morgan fingerprint density at radius 3 is 2.34 bits per heavy atom. The van der Waals surface area contributed by atoms with E-state index in [0.29, 0.717) is 16.0 Å². The van der Waals surface area contributed by atoms with Crippen molar-refractivity contribution < 1.29 is 30.0 Å². The minimum Gasteiger partial charge on any atom is -0.278 e. The number of aromatic nitrogens is 2. The third kappa shape index (κ3) is 4.44. The fourth-order valence-corrected chi connectivity index (χ4v) is 5.55. The lowest BCUT2D eigenvalue weighted by atomic mass is 10.3. The molecular formula is C15H13F3N4O4S3. The van der Waals surface area contributed by atoms with E-state index in [1.807, 2.05) is 0 Å². The van der Waals surface area contributed by atoms with E-state index in [9.17, 15) is 30.0 Å². The van der Waals surface area contributed by atoms with Gasteiger partial charge in [0.25, 0.3) is 10.0 Å². The summed E-state index contributed by atoms with van der Waals surface area (Å²) in [5, 5.41) is 8.85. The van der Waals surface area contributed by atoms with Crippen LogP contribution in [0.4, 0.5) is 18.9 Å². The highest BCUT2D eigenvalue weighted by Gasteiger charge is 2.35. The molecule has 14 heteroatoms. The lowest BCUT2D eigenvalue weighted by Gasteiger charge is -2.10. The Morgan fingerprint density at radius 2 is 1.76 bits per heavy atom. The van der Waals surface area contributed by atoms with Crippen LogP contribution >= 0.6 is 11.3 Å². The van der Waals surface area contributed by atoms with Crippen molar-refractivity contribution in [2.24, 2.45) is 12.2 Å². The first-order chi connectivity index (χ1) is 13.3. The number of thiophene rings is 1. The molecule has 3 rings (SSSR count). The molecule has 2 aromatic heterocycles. The number of anilines is 1. The van der Waals surface area contributed by atoms with E-state index in [-0.39, 0.29) is 20.5 Å². The van der Waals surface area contributed by atoms with Crippen LogP contribution in [0.1, 0.15) is 5.69 Å². The molecule has 0 aliphatic heterocycles. The SMILES string of the molecule is Cn1nc(-c2ccc(S(=O)(=O)Nc3ccccc3S(N)(=O)=O)s2)cc1C(F)(F)F. The first-order valence-corrected chi connectivity index (χ1v) is 11.5. The second-order valence-electron chi connectivity index (χ2n) is 5.80. The van der Waals surface area contributed by atoms with Crippen LogP contribution in [0, 0.1) is 0 Å². The number of nitrogens with two attached hydrogens (primary N) is 1. The van der Waals surface area contributed by atoms with Crippen LogP contribution in [0.15, 0.2) is 51.6 Å². The van der Waals surface area contributed by atoms with E-state index < -0.39 is 36.8 Å². The molecule has 0 spiro atoms. The van der Waals surface area contributed by atoms with Crippen molar-refractivity contribution in [3.63, 3.8) is 0 Å². The third-order valence-electron chi connectivity index (χ3n) is 3.71. The number of aryl methyl sites for hydroxylation is 1. The van der Waals surface area contributed by atoms with Gasteiger partial charge in [-0.2, -0.15) is 18.3 Å². The monoisotopic (exact) mass is 466 g/mol. The zero-order valence-corrected chi connectivity index (χ0v) is 17.0. The van der Waals surface area contributed by atoms with Crippen molar-refractivity contribution in [1.29, 1.82) is 0 Å². The van der Waals surface area contributed by atoms with Crippen LogP contribution in [0.5, 0.6) is 0 Å². The first kappa shape index (κ1) is 21.3. The Labute approximate surface area is 167 Å². The van der Waals surface area contributed by atoms with Crippen molar-refractivity contribution in [2.45, 2.75) is 15.3 Å². The Balaban J connectivity index is 1.95. The van der Waals surface area contributed by atoms with Gasteiger partial charge in [-0.25, -0.2) is 22.0 Å². The molecule has 8 nitrogen and oxygen atoms in total. The Morgan fingerprint density at radius 1 is 1.10 bits per heavy atom. The van der Waals surface area contributed by atoms with E-state index in [1.54, 1.807) is 0 Å². The maximum atomic E-state index is 12.9. The third-order valence-corrected chi connectivity index (χ3v) is 7.64. The molecule has 3 N–H and O–H groups in total. The molecule has 0 aliphatic carbocycles. The minimum atomic E-state index is -4.61. The van der Waals surface area contributed by atoms with Gasteiger partial charge < -0.3 is 0 Å². The number of benzene rings is 1. The molecule has 29 heavy (non-hydrogen) atoms.